The van der Waals surface area contributed by atoms with Gasteiger partial charge in [0.1, 0.15) is 5.82 Å². The number of aryl methyl sites for hydroxylation is 2. The maximum Gasteiger partial charge on any atom is 0.224 e. The lowest BCUT2D eigenvalue weighted by atomic mass is 9.95. The van der Waals surface area contributed by atoms with Gasteiger partial charge < -0.3 is 5.32 Å². The first-order valence-corrected chi connectivity index (χ1v) is 7.79. The van der Waals surface area contributed by atoms with Gasteiger partial charge in [0.25, 0.3) is 0 Å². The van der Waals surface area contributed by atoms with Gasteiger partial charge in [-0.2, -0.15) is 0 Å². The number of hydrogen-bond acceptors (Lipinski definition) is 1. The first-order chi connectivity index (χ1) is 10.0. The number of fused-ring (bicyclic) bond motifs is 1. The summed E-state index contributed by atoms with van der Waals surface area (Å²) in [7, 11) is 0. The van der Waals surface area contributed by atoms with E-state index in [2.05, 4.69) is 27.3 Å². The van der Waals surface area contributed by atoms with Crippen molar-refractivity contribution in [2.75, 3.05) is 5.32 Å². The van der Waals surface area contributed by atoms with Crippen LogP contribution in [0.25, 0.3) is 0 Å². The van der Waals surface area contributed by atoms with Crippen LogP contribution in [-0.4, -0.2) is 5.91 Å². The van der Waals surface area contributed by atoms with Crippen LogP contribution in [0.1, 0.15) is 33.5 Å². The first-order valence-electron chi connectivity index (χ1n) is 6.87. The Bertz CT molecular complexity index is 714. The van der Waals surface area contributed by atoms with E-state index in [1.54, 1.807) is 12.1 Å². The molecular formula is C17H15BrFNO. The highest BCUT2D eigenvalue weighted by molar-refractivity contribution is 9.09. The molecule has 1 heterocycles. The molecule has 21 heavy (non-hydrogen) atoms. The van der Waals surface area contributed by atoms with Crippen LogP contribution in [0, 0.1) is 12.7 Å². The van der Waals surface area contributed by atoms with Gasteiger partial charge in [-0.25, -0.2) is 4.39 Å². The number of nitrogens with one attached hydrogen (secondary N) is 1. The van der Waals surface area contributed by atoms with Gasteiger partial charge in [0.2, 0.25) is 5.91 Å². The standard InChI is InChI=1S/C17H15BrFNO/c1-10-2-5-13(19)9-14(10)17(18)12-3-6-15-11(8-12)4-7-16(21)20-15/h2-3,5-6,8-9,17H,4,7H2,1H3,(H,20,21). The fourth-order valence-corrected chi connectivity index (χ4v) is 3.40. The van der Waals surface area contributed by atoms with Crippen molar-refractivity contribution >= 4 is 27.5 Å². The molecule has 0 saturated carbocycles. The van der Waals surface area contributed by atoms with E-state index >= 15 is 0 Å². The summed E-state index contributed by atoms with van der Waals surface area (Å²) in [6, 6.07) is 10.8. The molecule has 1 atom stereocenters. The van der Waals surface area contributed by atoms with E-state index in [0.29, 0.717) is 6.42 Å². The Morgan fingerprint density at radius 3 is 2.81 bits per heavy atom. The van der Waals surface area contributed by atoms with Crippen LogP contribution >= 0.6 is 15.9 Å². The lowest BCUT2D eigenvalue weighted by Crippen LogP contribution is -2.19. The van der Waals surface area contributed by atoms with E-state index in [0.717, 1.165) is 34.4 Å². The van der Waals surface area contributed by atoms with E-state index in [4.69, 9.17) is 0 Å². The van der Waals surface area contributed by atoms with Crippen molar-refractivity contribution in [3.8, 4) is 0 Å². The van der Waals surface area contributed by atoms with Crippen molar-refractivity contribution < 1.29 is 9.18 Å². The largest absolute Gasteiger partial charge is 0.326 e. The number of anilines is 1. The minimum atomic E-state index is -0.231. The summed E-state index contributed by atoms with van der Waals surface area (Å²) in [5, 5.41) is 2.87. The van der Waals surface area contributed by atoms with Crippen molar-refractivity contribution in [2.24, 2.45) is 0 Å². The van der Waals surface area contributed by atoms with E-state index in [-0.39, 0.29) is 16.6 Å². The summed E-state index contributed by atoms with van der Waals surface area (Å²) in [6.45, 7) is 1.97. The van der Waals surface area contributed by atoms with E-state index in [1.165, 1.54) is 6.07 Å². The highest BCUT2D eigenvalue weighted by Gasteiger charge is 2.18. The number of rotatable bonds is 2. The second kappa shape index (κ2) is 5.60. The highest BCUT2D eigenvalue weighted by Crippen LogP contribution is 2.35. The van der Waals surface area contributed by atoms with Crippen molar-refractivity contribution in [2.45, 2.75) is 24.6 Å². The number of carbonyl (C=O) groups is 1. The normalized spacial score (nSPS) is 15.3. The number of alkyl halides is 1. The topological polar surface area (TPSA) is 29.1 Å². The summed E-state index contributed by atoms with van der Waals surface area (Å²) in [6.07, 6.45) is 1.26. The third-order valence-corrected chi connectivity index (χ3v) is 4.85. The molecule has 1 N–H and O–H groups in total. The SMILES string of the molecule is Cc1ccc(F)cc1C(Br)c1ccc2c(c1)CCC(=O)N2. The summed E-state index contributed by atoms with van der Waals surface area (Å²) in [5.41, 5.74) is 5.05. The average Bonchev–Trinajstić information content (AvgIpc) is 2.48. The maximum absolute atomic E-state index is 13.5. The second-order valence-electron chi connectivity index (χ2n) is 5.33. The van der Waals surface area contributed by atoms with E-state index in [1.807, 2.05) is 19.1 Å². The zero-order chi connectivity index (χ0) is 15.0. The Labute approximate surface area is 131 Å². The van der Waals surface area contributed by atoms with Crippen molar-refractivity contribution in [3.05, 3.63) is 64.5 Å². The fraction of sp³-hybridized carbons (Fsp3) is 0.235. The van der Waals surface area contributed by atoms with Gasteiger partial charge in [0, 0.05) is 12.1 Å². The number of amides is 1. The summed E-state index contributed by atoms with van der Waals surface area (Å²) < 4.78 is 13.5. The molecule has 3 rings (SSSR count). The first kappa shape index (κ1) is 14.3. The zero-order valence-electron chi connectivity index (χ0n) is 11.6. The second-order valence-corrected chi connectivity index (χ2v) is 6.24. The molecule has 108 valence electrons. The molecule has 0 aromatic heterocycles. The lowest BCUT2D eigenvalue weighted by molar-refractivity contribution is -0.116. The number of hydrogen-bond donors (Lipinski definition) is 1. The van der Waals surface area contributed by atoms with Crippen molar-refractivity contribution in [1.82, 2.24) is 0 Å². The minimum absolute atomic E-state index is 0.0591. The summed E-state index contributed by atoms with van der Waals surface area (Å²) >= 11 is 3.66. The molecule has 1 aliphatic rings. The van der Waals surface area contributed by atoms with Crippen LogP contribution in [0.3, 0.4) is 0 Å². The van der Waals surface area contributed by atoms with Gasteiger partial charge in [-0.1, -0.05) is 34.1 Å². The Balaban J connectivity index is 1.97. The Kier molecular flexibility index (Phi) is 3.81. The van der Waals surface area contributed by atoms with Crippen LogP contribution in [0.4, 0.5) is 10.1 Å². The molecule has 1 aliphatic heterocycles. The molecule has 1 unspecified atom stereocenters. The van der Waals surface area contributed by atoms with Crippen LogP contribution < -0.4 is 5.32 Å². The quantitative estimate of drug-likeness (QED) is 0.796. The predicted molar refractivity (Wildman–Crippen MR) is 85.3 cm³/mol. The van der Waals surface area contributed by atoms with Crippen LogP contribution in [0.5, 0.6) is 0 Å². The monoisotopic (exact) mass is 347 g/mol. The summed E-state index contributed by atoms with van der Waals surface area (Å²) in [5.74, 6) is -0.170. The van der Waals surface area contributed by atoms with Gasteiger partial charge in [0.15, 0.2) is 0 Å². The van der Waals surface area contributed by atoms with Gasteiger partial charge in [-0.3, -0.25) is 4.79 Å². The third kappa shape index (κ3) is 2.86. The highest BCUT2D eigenvalue weighted by atomic mass is 79.9. The molecule has 0 aliphatic carbocycles. The lowest BCUT2D eigenvalue weighted by Gasteiger charge is -2.20. The van der Waals surface area contributed by atoms with Crippen LogP contribution in [-0.2, 0) is 11.2 Å². The molecule has 0 radical (unpaired) electrons. The molecular weight excluding hydrogens is 333 g/mol. The molecule has 2 aromatic carbocycles. The Hall–Kier alpha value is -1.68. The van der Waals surface area contributed by atoms with E-state index in [9.17, 15) is 9.18 Å². The maximum atomic E-state index is 13.5. The molecule has 2 nitrogen and oxygen atoms in total. The zero-order valence-corrected chi connectivity index (χ0v) is 13.2. The molecule has 0 spiro atoms. The van der Waals surface area contributed by atoms with Crippen LogP contribution in [0.15, 0.2) is 36.4 Å². The molecule has 1 amide bonds. The van der Waals surface area contributed by atoms with Gasteiger partial charge in [-0.15, -0.1) is 0 Å². The smallest absolute Gasteiger partial charge is 0.224 e. The number of halogens is 2. The summed E-state index contributed by atoms with van der Waals surface area (Å²) in [4.78, 5) is 11.3. The van der Waals surface area contributed by atoms with Gasteiger partial charge in [0.05, 0.1) is 4.83 Å². The molecule has 4 heteroatoms. The van der Waals surface area contributed by atoms with Crippen molar-refractivity contribution in [1.29, 1.82) is 0 Å². The molecule has 2 aromatic rings. The van der Waals surface area contributed by atoms with Crippen molar-refractivity contribution in [3.63, 3.8) is 0 Å². The third-order valence-electron chi connectivity index (χ3n) is 3.83. The van der Waals surface area contributed by atoms with Gasteiger partial charge in [-0.05, 0) is 53.8 Å². The fourth-order valence-electron chi connectivity index (χ4n) is 2.62. The van der Waals surface area contributed by atoms with Crippen LogP contribution in [0.2, 0.25) is 0 Å². The van der Waals surface area contributed by atoms with E-state index < -0.39 is 0 Å². The molecule has 0 fully saturated rings. The minimum Gasteiger partial charge on any atom is -0.326 e. The number of benzene rings is 2. The Morgan fingerprint density at radius 2 is 2.00 bits per heavy atom. The average molecular weight is 348 g/mol. The van der Waals surface area contributed by atoms with Gasteiger partial charge >= 0.3 is 0 Å². The molecule has 0 bridgehead atoms. The molecule has 0 saturated heterocycles. The Morgan fingerprint density at radius 1 is 1.19 bits per heavy atom. The predicted octanol–water partition coefficient (Wildman–Crippen LogP) is 4.50. The number of carbonyl (C=O) groups excluding carboxylic acids is 1.